The van der Waals surface area contributed by atoms with Crippen molar-refractivity contribution in [1.29, 1.82) is 5.26 Å². The van der Waals surface area contributed by atoms with Crippen molar-refractivity contribution in [2.45, 2.75) is 19.5 Å². The molecule has 1 aromatic carbocycles. The Bertz CT molecular complexity index is 525. The summed E-state index contributed by atoms with van der Waals surface area (Å²) < 4.78 is 54.0. The highest BCUT2D eigenvalue weighted by atomic mass is 19.3. The van der Waals surface area contributed by atoms with Gasteiger partial charge in [0.15, 0.2) is 5.75 Å². The van der Waals surface area contributed by atoms with Crippen molar-refractivity contribution < 1.29 is 32.2 Å². The van der Waals surface area contributed by atoms with E-state index in [-0.39, 0.29) is 5.56 Å². The molecule has 1 N–H and O–H groups in total. The second-order valence-corrected chi connectivity index (χ2v) is 3.38. The number of nitrogens with zero attached hydrogens (tertiary/aromatic N) is 1. The maximum atomic E-state index is 12.9. The van der Waals surface area contributed by atoms with E-state index >= 15 is 0 Å². The van der Waals surface area contributed by atoms with Crippen molar-refractivity contribution in [2.75, 3.05) is 0 Å². The van der Waals surface area contributed by atoms with E-state index < -0.39 is 42.3 Å². The number of aliphatic carboxylic acids is 1. The van der Waals surface area contributed by atoms with E-state index in [4.69, 9.17) is 10.4 Å². The second kappa shape index (κ2) is 6.04. The highest BCUT2D eigenvalue weighted by Crippen LogP contribution is 2.36. The summed E-state index contributed by atoms with van der Waals surface area (Å²) in [5.41, 5.74) is -1.89. The molecule has 0 heterocycles. The second-order valence-electron chi connectivity index (χ2n) is 3.38. The number of rotatable bonds is 5. The molecule has 1 rings (SSSR count). The summed E-state index contributed by atoms with van der Waals surface area (Å²) in [5.74, 6) is -2.39. The van der Waals surface area contributed by atoms with Gasteiger partial charge in [-0.2, -0.15) is 14.0 Å². The van der Waals surface area contributed by atoms with E-state index in [1.54, 1.807) is 0 Å². The number of carbonyl (C=O) groups is 1. The lowest BCUT2D eigenvalue weighted by atomic mass is 10.0. The van der Waals surface area contributed by atoms with E-state index in [9.17, 15) is 22.4 Å². The predicted molar refractivity (Wildman–Crippen MR) is 54.1 cm³/mol. The first-order valence-electron chi connectivity index (χ1n) is 4.87. The van der Waals surface area contributed by atoms with Crippen LogP contribution in [0.25, 0.3) is 0 Å². The first kappa shape index (κ1) is 14.8. The Kier molecular flexibility index (Phi) is 4.69. The van der Waals surface area contributed by atoms with E-state index in [0.29, 0.717) is 0 Å². The van der Waals surface area contributed by atoms with Crippen LogP contribution in [0.15, 0.2) is 12.1 Å². The minimum absolute atomic E-state index is 0.378. The van der Waals surface area contributed by atoms with Crippen molar-refractivity contribution in [3.63, 3.8) is 0 Å². The zero-order chi connectivity index (χ0) is 14.6. The van der Waals surface area contributed by atoms with Gasteiger partial charge < -0.3 is 9.84 Å². The smallest absolute Gasteiger partial charge is 0.387 e. The van der Waals surface area contributed by atoms with Gasteiger partial charge in [0.2, 0.25) is 0 Å². The fourth-order valence-corrected chi connectivity index (χ4v) is 1.50. The summed E-state index contributed by atoms with van der Waals surface area (Å²) >= 11 is 0. The summed E-state index contributed by atoms with van der Waals surface area (Å²) in [5, 5.41) is 17.2. The number of hydrogen-bond acceptors (Lipinski definition) is 3. The Balaban J connectivity index is 3.44. The fourth-order valence-electron chi connectivity index (χ4n) is 1.50. The Labute approximate surface area is 104 Å². The molecule has 0 aliphatic rings. The zero-order valence-corrected chi connectivity index (χ0v) is 9.24. The van der Waals surface area contributed by atoms with Gasteiger partial charge in [0.05, 0.1) is 17.5 Å². The quantitative estimate of drug-likeness (QED) is 0.840. The molecule has 0 unspecified atom stereocenters. The monoisotopic (exact) mass is 277 g/mol. The first-order chi connectivity index (χ1) is 8.86. The van der Waals surface area contributed by atoms with Crippen LogP contribution in [0.5, 0.6) is 5.75 Å². The van der Waals surface area contributed by atoms with Crippen LogP contribution in [0.4, 0.5) is 17.6 Å². The Morgan fingerprint density at radius 3 is 2.42 bits per heavy atom. The molecule has 0 aliphatic carbocycles. The topological polar surface area (TPSA) is 70.3 Å². The molecule has 0 aromatic heterocycles. The number of hydrogen-bond donors (Lipinski definition) is 1. The van der Waals surface area contributed by atoms with Crippen LogP contribution >= 0.6 is 0 Å². The maximum Gasteiger partial charge on any atom is 0.387 e. The molecule has 0 saturated carbocycles. The van der Waals surface area contributed by atoms with E-state index in [2.05, 4.69) is 4.74 Å². The van der Waals surface area contributed by atoms with Gasteiger partial charge in [-0.3, -0.25) is 4.79 Å². The Morgan fingerprint density at radius 2 is 2.00 bits per heavy atom. The molecule has 102 valence electrons. The van der Waals surface area contributed by atoms with Gasteiger partial charge in [-0.05, 0) is 11.6 Å². The number of benzene rings is 1. The fraction of sp³-hybridized carbons (Fsp3) is 0.273. The minimum Gasteiger partial charge on any atom is -0.481 e. The largest absolute Gasteiger partial charge is 0.481 e. The van der Waals surface area contributed by atoms with E-state index in [0.717, 1.165) is 12.1 Å². The van der Waals surface area contributed by atoms with Crippen LogP contribution in [0.3, 0.4) is 0 Å². The molecule has 8 heteroatoms. The third kappa shape index (κ3) is 3.58. The number of carboxylic acid groups (broad SMARTS) is 1. The Hall–Kier alpha value is -2.30. The highest BCUT2D eigenvalue weighted by molar-refractivity contribution is 5.72. The number of carboxylic acids is 1. The molecule has 0 amide bonds. The normalized spacial score (nSPS) is 10.6. The molecule has 0 fully saturated rings. The van der Waals surface area contributed by atoms with Gasteiger partial charge in [0.25, 0.3) is 6.43 Å². The average Bonchev–Trinajstić information content (AvgIpc) is 2.27. The highest BCUT2D eigenvalue weighted by Gasteiger charge is 2.25. The third-order valence-electron chi connectivity index (χ3n) is 2.17. The minimum atomic E-state index is -3.40. The van der Waals surface area contributed by atoms with Crippen molar-refractivity contribution in [1.82, 2.24) is 0 Å². The van der Waals surface area contributed by atoms with Gasteiger partial charge >= 0.3 is 12.6 Å². The van der Waals surface area contributed by atoms with Crippen LogP contribution in [0.2, 0.25) is 0 Å². The summed E-state index contributed by atoms with van der Waals surface area (Å²) in [7, 11) is 0. The van der Waals surface area contributed by atoms with Crippen LogP contribution < -0.4 is 4.74 Å². The summed E-state index contributed by atoms with van der Waals surface area (Å²) in [6, 6.07) is 3.38. The lowest BCUT2D eigenvalue weighted by Gasteiger charge is -2.15. The zero-order valence-electron chi connectivity index (χ0n) is 9.24. The van der Waals surface area contributed by atoms with Gasteiger partial charge in [0, 0.05) is 0 Å². The van der Waals surface area contributed by atoms with Crippen molar-refractivity contribution in [2.24, 2.45) is 0 Å². The standard InChI is InChI=1S/C11H7F4NO3/c12-10(13)8-5(3-7(17)18)1-2-6(4-16)9(8)19-11(14)15/h1-2,10-11H,3H2,(H,17,18). The van der Waals surface area contributed by atoms with Gasteiger partial charge in [-0.25, -0.2) is 8.78 Å². The van der Waals surface area contributed by atoms with Crippen molar-refractivity contribution >= 4 is 5.97 Å². The summed E-state index contributed by atoms with van der Waals surface area (Å²) in [4.78, 5) is 10.5. The predicted octanol–water partition coefficient (Wildman–Crippen LogP) is 2.72. The van der Waals surface area contributed by atoms with Crippen molar-refractivity contribution in [3.05, 3.63) is 28.8 Å². The van der Waals surface area contributed by atoms with Gasteiger partial charge in [-0.15, -0.1) is 0 Å². The van der Waals surface area contributed by atoms with E-state index in [1.807, 2.05) is 0 Å². The van der Waals surface area contributed by atoms with E-state index in [1.165, 1.54) is 6.07 Å². The van der Waals surface area contributed by atoms with Crippen LogP contribution in [0.1, 0.15) is 23.1 Å². The molecule has 19 heavy (non-hydrogen) atoms. The van der Waals surface area contributed by atoms with Crippen LogP contribution in [-0.4, -0.2) is 17.7 Å². The number of alkyl halides is 4. The molecular formula is C11H7F4NO3. The molecule has 0 aliphatic heterocycles. The third-order valence-corrected chi connectivity index (χ3v) is 2.17. The summed E-state index contributed by atoms with van der Waals surface area (Å²) in [6.07, 6.45) is -4.03. The molecule has 0 atom stereocenters. The maximum absolute atomic E-state index is 12.9. The number of nitriles is 1. The number of halogens is 4. The summed E-state index contributed by atoms with van der Waals surface area (Å²) in [6.45, 7) is -3.40. The van der Waals surface area contributed by atoms with Crippen molar-refractivity contribution in [3.8, 4) is 11.8 Å². The first-order valence-corrected chi connectivity index (χ1v) is 4.87. The molecule has 4 nitrogen and oxygen atoms in total. The van der Waals surface area contributed by atoms with Crippen LogP contribution in [0, 0.1) is 11.3 Å². The molecule has 0 bridgehead atoms. The van der Waals surface area contributed by atoms with Crippen LogP contribution in [-0.2, 0) is 11.2 Å². The molecule has 0 radical (unpaired) electrons. The van der Waals surface area contributed by atoms with Gasteiger partial charge in [0.1, 0.15) is 6.07 Å². The Morgan fingerprint density at radius 1 is 1.37 bits per heavy atom. The lowest BCUT2D eigenvalue weighted by molar-refractivity contribution is -0.136. The number of ether oxygens (including phenoxy) is 1. The SMILES string of the molecule is N#Cc1ccc(CC(=O)O)c(C(F)F)c1OC(F)F. The molecule has 0 saturated heterocycles. The molecule has 0 spiro atoms. The molecule has 1 aromatic rings. The average molecular weight is 277 g/mol. The lowest BCUT2D eigenvalue weighted by Crippen LogP contribution is -2.11. The van der Waals surface area contributed by atoms with Gasteiger partial charge in [-0.1, -0.05) is 6.07 Å². The molecular weight excluding hydrogens is 270 g/mol.